The summed E-state index contributed by atoms with van der Waals surface area (Å²) < 4.78 is 24.4. The Hall–Kier alpha value is -1.34. The predicted molar refractivity (Wildman–Crippen MR) is 107 cm³/mol. The molecule has 1 amide bonds. The quantitative estimate of drug-likeness (QED) is 0.774. The number of aliphatic imine (C=N–C) groups is 1. The number of amides is 1. The Bertz CT molecular complexity index is 884. The summed E-state index contributed by atoms with van der Waals surface area (Å²) in [5.74, 6) is 1.69. The average Bonchev–Trinajstić information content (AvgIpc) is 3.35. The van der Waals surface area contributed by atoms with Crippen molar-refractivity contribution in [3.8, 4) is 0 Å². The summed E-state index contributed by atoms with van der Waals surface area (Å²) >= 11 is 1.52. The zero-order chi connectivity index (χ0) is 18.6. The summed E-state index contributed by atoms with van der Waals surface area (Å²) in [4.78, 5) is 19.3. The van der Waals surface area contributed by atoms with Gasteiger partial charge in [-0.2, -0.15) is 4.99 Å². The summed E-state index contributed by atoms with van der Waals surface area (Å²) in [6, 6.07) is 10.0. The highest BCUT2D eigenvalue weighted by molar-refractivity contribution is 8.15. The number of sulfone groups is 1. The third kappa shape index (κ3) is 3.33. The summed E-state index contributed by atoms with van der Waals surface area (Å²) in [5.41, 5.74) is 0.962. The number of thioether (sulfide) groups is 1. The lowest BCUT2D eigenvalue weighted by Gasteiger charge is -2.36. The Morgan fingerprint density at radius 1 is 1.11 bits per heavy atom. The number of hydrogen-bond donors (Lipinski definition) is 0. The highest BCUT2D eigenvalue weighted by Crippen LogP contribution is 2.51. The third-order valence-electron chi connectivity index (χ3n) is 6.58. The molecular formula is C20H24N2O3S2. The molecule has 0 spiro atoms. The molecule has 27 heavy (non-hydrogen) atoms. The van der Waals surface area contributed by atoms with Crippen LogP contribution in [0.4, 0.5) is 0 Å². The van der Waals surface area contributed by atoms with E-state index in [0.29, 0.717) is 18.4 Å². The van der Waals surface area contributed by atoms with Crippen molar-refractivity contribution in [2.24, 2.45) is 16.8 Å². The first kappa shape index (κ1) is 17.7. The second kappa shape index (κ2) is 6.62. The minimum atomic E-state index is -2.98. The number of carbonyl (C=O) groups is 1. The Morgan fingerprint density at radius 2 is 1.93 bits per heavy atom. The van der Waals surface area contributed by atoms with Crippen molar-refractivity contribution in [1.29, 1.82) is 0 Å². The van der Waals surface area contributed by atoms with Crippen molar-refractivity contribution in [3.05, 3.63) is 35.9 Å². The number of fused-ring (bicyclic) bond motifs is 3. The van der Waals surface area contributed by atoms with E-state index in [1.807, 2.05) is 30.3 Å². The van der Waals surface area contributed by atoms with E-state index in [1.165, 1.54) is 31.0 Å². The highest BCUT2D eigenvalue weighted by atomic mass is 32.2. The molecule has 2 bridgehead atoms. The zero-order valence-corrected chi connectivity index (χ0v) is 16.8. The molecule has 4 aliphatic rings. The molecule has 1 aromatic carbocycles. The third-order valence-corrected chi connectivity index (χ3v) is 9.81. The van der Waals surface area contributed by atoms with Gasteiger partial charge in [-0.05, 0) is 36.7 Å². The smallest absolute Gasteiger partial charge is 0.252 e. The maximum Gasteiger partial charge on any atom is 0.252 e. The minimum absolute atomic E-state index is 0.00683. The summed E-state index contributed by atoms with van der Waals surface area (Å²) in [6.45, 7) is 0. The average molecular weight is 405 g/mol. The molecule has 2 saturated carbocycles. The van der Waals surface area contributed by atoms with E-state index in [4.69, 9.17) is 0 Å². The van der Waals surface area contributed by atoms with Crippen molar-refractivity contribution in [2.45, 2.75) is 49.4 Å². The molecule has 144 valence electrons. The molecule has 2 saturated heterocycles. The molecule has 2 aliphatic carbocycles. The van der Waals surface area contributed by atoms with Gasteiger partial charge in [0, 0.05) is 11.3 Å². The second-order valence-corrected chi connectivity index (χ2v) is 11.8. The van der Waals surface area contributed by atoms with Crippen LogP contribution in [0.5, 0.6) is 0 Å². The van der Waals surface area contributed by atoms with Gasteiger partial charge >= 0.3 is 0 Å². The number of nitrogens with zero attached hydrogens (tertiary/aromatic N) is 2. The lowest BCUT2D eigenvalue weighted by atomic mass is 9.93. The number of amidine groups is 1. The highest BCUT2D eigenvalue weighted by Gasteiger charge is 2.54. The summed E-state index contributed by atoms with van der Waals surface area (Å²) in [6.07, 6.45) is 5.20. The van der Waals surface area contributed by atoms with E-state index in [9.17, 15) is 13.2 Å². The molecule has 2 aliphatic heterocycles. The molecule has 1 aromatic rings. The van der Waals surface area contributed by atoms with Gasteiger partial charge in [-0.3, -0.25) is 4.79 Å². The lowest BCUT2D eigenvalue weighted by molar-refractivity contribution is -0.117. The fraction of sp³-hybridized carbons (Fsp3) is 0.600. The van der Waals surface area contributed by atoms with Crippen LogP contribution < -0.4 is 0 Å². The molecule has 0 radical (unpaired) electrons. The van der Waals surface area contributed by atoms with Crippen LogP contribution in [0.1, 0.15) is 31.2 Å². The Labute approximate surface area is 164 Å². The molecule has 5 nitrogen and oxygen atoms in total. The van der Waals surface area contributed by atoms with Crippen LogP contribution in [0.15, 0.2) is 35.3 Å². The van der Waals surface area contributed by atoms with Gasteiger partial charge in [-0.25, -0.2) is 8.42 Å². The first-order valence-corrected chi connectivity index (χ1v) is 12.5. The van der Waals surface area contributed by atoms with Crippen LogP contribution >= 0.6 is 11.8 Å². The van der Waals surface area contributed by atoms with Crippen molar-refractivity contribution >= 4 is 32.7 Å². The van der Waals surface area contributed by atoms with E-state index in [-0.39, 0.29) is 28.7 Å². The molecule has 4 fully saturated rings. The number of rotatable bonds is 3. The van der Waals surface area contributed by atoms with Crippen LogP contribution in [0.25, 0.3) is 0 Å². The molecule has 0 N–H and O–H groups in total. The molecular weight excluding hydrogens is 380 g/mol. The van der Waals surface area contributed by atoms with Gasteiger partial charge in [-0.15, -0.1) is 0 Å². The standard InChI is InChI=1S/C20H24N2O3S2/c23-19(10-13-4-2-1-3-5-13)21-20-22(16-9-14-6-7-15(16)8-14)17-11-27(24,25)12-18(17)26-20/h1-5,14-18H,6-12H2/t14-,15-,16-,17-,18+/m0/s1. The van der Waals surface area contributed by atoms with Gasteiger partial charge in [-0.1, -0.05) is 48.5 Å². The van der Waals surface area contributed by atoms with Gasteiger partial charge in [0.25, 0.3) is 5.91 Å². The largest absolute Gasteiger partial charge is 0.343 e. The van der Waals surface area contributed by atoms with Crippen LogP contribution in [0, 0.1) is 11.8 Å². The molecule has 7 heteroatoms. The van der Waals surface area contributed by atoms with E-state index in [0.717, 1.165) is 23.1 Å². The number of benzene rings is 1. The van der Waals surface area contributed by atoms with Crippen molar-refractivity contribution in [3.63, 3.8) is 0 Å². The summed E-state index contributed by atoms with van der Waals surface area (Å²) in [5, 5.41) is 0.802. The first-order valence-electron chi connectivity index (χ1n) is 9.79. The fourth-order valence-electron chi connectivity index (χ4n) is 5.45. The lowest BCUT2D eigenvalue weighted by Crippen LogP contribution is -2.47. The van der Waals surface area contributed by atoms with Gasteiger partial charge in [0.1, 0.15) is 0 Å². The molecule has 0 aromatic heterocycles. The topological polar surface area (TPSA) is 66.8 Å². The maximum atomic E-state index is 12.6. The van der Waals surface area contributed by atoms with E-state index >= 15 is 0 Å². The SMILES string of the molecule is O=C(Cc1ccccc1)N=C1S[C@@H]2CS(=O)(=O)C[C@@H]2N1[C@H]1C[C@H]2CC[C@H]1C2. The number of hydrogen-bond acceptors (Lipinski definition) is 4. The van der Waals surface area contributed by atoms with Crippen molar-refractivity contribution in [1.82, 2.24) is 4.90 Å². The first-order chi connectivity index (χ1) is 13.0. The number of carbonyl (C=O) groups excluding carboxylic acids is 1. The fourth-order valence-corrected chi connectivity index (χ4v) is 9.44. The van der Waals surface area contributed by atoms with Gasteiger partial charge in [0.05, 0.1) is 24.0 Å². The summed E-state index contributed by atoms with van der Waals surface area (Å²) in [7, 11) is -2.98. The normalized spacial score (nSPS) is 37.9. The van der Waals surface area contributed by atoms with Crippen LogP contribution in [-0.2, 0) is 21.1 Å². The van der Waals surface area contributed by atoms with E-state index in [1.54, 1.807) is 0 Å². The van der Waals surface area contributed by atoms with Crippen LogP contribution in [0.3, 0.4) is 0 Å². The van der Waals surface area contributed by atoms with E-state index < -0.39 is 9.84 Å². The predicted octanol–water partition coefficient (Wildman–Crippen LogP) is 2.51. The minimum Gasteiger partial charge on any atom is -0.343 e. The zero-order valence-electron chi connectivity index (χ0n) is 15.2. The van der Waals surface area contributed by atoms with Crippen molar-refractivity contribution < 1.29 is 13.2 Å². The van der Waals surface area contributed by atoms with Gasteiger partial charge in [0.2, 0.25) is 0 Å². The maximum absolute atomic E-state index is 12.6. The van der Waals surface area contributed by atoms with Gasteiger partial charge in [0.15, 0.2) is 15.0 Å². The Kier molecular flexibility index (Phi) is 4.35. The Morgan fingerprint density at radius 3 is 2.63 bits per heavy atom. The second-order valence-electron chi connectivity index (χ2n) is 8.40. The molecule has 5 rings (SSSR count). The Balaban J connectivity index is 1.41. The van der Waals surface area contributed by atoms with E-state index in [2.05, 4.69) is 9.89 Å². The van der Waals surface area contributed by atoms with Gasteiger partial charge < -0.3 is 4.90 Å². The monoisotopic (exact) mass is 404 g/mol. The molecule has 0 unspecified atom stereocenters. The van der Waals surface area contributed by atoms with Crippen LogP contribution in [0.2, 0.25) is 0 Å². The van der Waals surface area contributed by atoms with Crippen molar-refractivity contribution in [2.75, 3.05) is 11.5 Å². The van der Waals surface area contributed by atoms with Crippen LogP contribution in [-0.4, -0.2) is 53.2 Å². The molecule has 5 atom stereocenters. The molecule has 2 heterocycles.